The molecular weight excluding hydrogens is 336 g/mol. The molecule has 27 heavy (non-hydrogen) atoms. The van der Waals surface area contributed by atoms with E-state index in [0.29, 0.717) is 6.54 Å². The first-order chi connectivity index (χ1) is 13.2. The molecule has 0 aromatic heterocycles. The van der Waals surface area contributed by atoms with Crippen LogP contribution in [0.15, 0.2) is 42.5 Å². The molecule has 2 aromatic rings. The molecule has 0 radical (unpaired) electrons. The van der Waals surface area contributed by atoms with Crippen molar-refractivity contribution in [2.75, 3.05) is 26.7 Å². The number of amides is 1. The third kappa shape index (κ3) is 4.01. The van der Waals surface area contributed by atoms with Crippen LogP contribution in [-0.4, -0.2) is 37.6 Å². The van der Waals surface area contributed by atoms with E-state index in [1.54, 1.807) is 7.11 Å². The van der Waals surface area contributed by atoms with Crippen LogP contribution in [0.4, 0.5) is 0 Å². The summed E-state index contributed by atoms with van der Waals surface area (Å²) in [4.78, 5) is 15.2. The van der Waals surface area contributed by atoms with Crippen molar-refractivity contribution in [1.82, 2.24) is 10.2 Å². The molecular formula is C23H28N2O2. The molecule has 0 spiro atoms. The Bertz CT molecular complexity index is 795. The number of likely N-dealkylation sites (tertiary alicyclic amines) is 1. The highest BCUT2D eigenvalue weighted by molar-refractivity contribution is 5.94. The minimum absolute atomic E-state index is 0.0300. The zero-order valence-corrected chi connectivity index (χ0v) is 16.0. The number of ether oxygens (including phenoxy) is 1. The fourth-order valence-electron chi connectivity index (χ4n) is 4.34. The maximum absolute atomic E-state index is 12.7. The average molecular weight is 364 g/mol. The quantitative estimate of drug-likeness (QED) is 0.849. The Morgan fingerprint density at radius 1 is 1.04 bits per heavy atom. The molecule has 0 unspecified atom stereocenters. The van der Waals surface area contributed by atoms with Gasteiger partial charge < -0.3 is 10.1 Å². The molecule has 4 rings (SSSR count). The van der Waals surface area contributed by atoms with Crippen molar-refractivity contribution in [2.45, 2.75) is 38.1 Å². The Morgan fingerprint density at radius 3 is 2.52 bits per heavy atom. The average Bonchev–Trinajstić information content (AvgIpc) is 3.40. The van der Waals surface area contributed by atoms with Crippen molar-refractivity contribution in [3.63, 3.8) is 0 Å². The van der Waals surface area contributed by atoms with Gasteiger partial charge in [0, 0.05) is 12.1 Å². The summed E-state index contributed by atoms with van der Waals surface area (Å²) in [5.41, 5.74) is 4.76. The van der Waals surface area contributed by atoms with Gasteiger partial charge in [0.05, 0.1) is 13.2 Å². The summed E-state index contributed by atoms with van der Waals surface area (Å²) in [6, 6.07) is 14.6. The van der Waals surface area contributed by atoms with Crippen LogP contribution < -0.4 is 10.1 Å². The lowest BCUT2D eigenvalue weighted by Gasteiger charge is -2.28. The molecule has 2 aliphatic rings. The van der Waals surface area contributed by atoms with E-state index in [0.717, 1.165) is 37.2 Å². The van der Waals surface area contributed by atoms with Gasteiger partial charge in [0.25, 0.3) is 5.91 Å². The number of rotatable bonds is 6. The lowest BCUT2D eigenvalue weighted by Crippen LogP contribution is -2.36. The molecule has 1 amide bonds. The fourth-order valence-corrected chi connectivity index (χ4v) is 4.34. The Morgan fingerprint density at radius 2 is 1.78 bits per heavy atom. The Kier molecular flexibility index (Phi) is 5.44. The molecule has 0 bridgehead atoms. The lowest BCUT2D eigenvalue weighted by atomic mass is 10.0. The van der Waals surface area contributed by atoms with E-state index in [4.69, 9.17) is 4.74 Å². The predicted octanol–water partition coefficient (Wildman–Crippen LogP) is 3.75. The molecule has 1 aliphatic heterocycles. The number of hydrogen-bond acceptors (Lipinski definition) is 3. The van der Waals surface area contributed by atoms with Gasteiger partial charge in [0.2, 0.25) is 0 Å². The van der Waals surface area contributed by atoms with Crippen molar-refractivity contribution in [3.8, 4) is 5.75 Å². The summed E-state index contributed by atoms with van der Waals surface area (Å²) in [7, 11) is 1.68. The Balaban J connectivity index is 1.47. The first-order valence-corrected chi connectivity index (χ1v) is 10.0. The zero-order valence-electron chi connectivity index (χ0n) is 16.0. The van der Waals surface area contributed by atoms with E-state index < -0.39 is 0 Å². The minimum Gasteiger partial charge on any atom is -0.497 e. The van der Waals surface area contributed by atoms with Gasteiger partial charge in [-0.2, -0.15) is 0 Å². The smallest absolute Gasteiger partial charge is 0.251 e. The van der Waals surface area contributed by atoms with Crippen LogP contribution in [0.1, 0.15) is 52.4 Å². The maximum Gasteiger partial charge on any atom is 0.251 e. The highest BCUT2D eigenvalue weighted by Crippen LogP contribution is 2.27. The first kappa shape index (κ1) is 18.1. The standard InChI is InChI=1S/C23H28N2O2/c1-27-21-11-9-18(10-12-21)22(25-13-2-3-14-25)16-24-23(26)20-8-7-17-5-4-6-19(17)15-20/h7-12,15,22H,2-6,13-14,16H2,1H3,(H,24,26)/t22-/m0/s1. The summed E-state index contributed by atoms with van der Waals surface area (Å²) >= 11 is 0. The van der Waals surface area contributed by atoms with Gasteiger partial charge in [0.1, 0.15) is 5.75 Å². The van der Waals surface area contributed by atoms with Gasteiger partial charge >= 0.3 is 0 Å². The highest BCUT2D eigenvalue weighted by atomic mass is 16.5. The van der Waals surface area contributed by atoms with Crippen LogP contribution in [0, 0.1) is 0 Å². The SMILES string of the molecule is COc1ccc([C@H](CNC(=O)c2ccc3c(c2)CCC3)N2CCCC2)cc1. The summed E-state index contributed by atoms with van der Waals surface area (Å²) in [6.45, 7) is 2.80. The number of carbonyl (C=O) groups excluding carboxylic acids is 1. The van der Waals surface area contributed by atoms with Gasteiger partial charge in [-0.3, -0.25) is 9.69 Å². The van der Waals surface area contributed by atoms with Crippen molar-refractivity contribution in [2.24, 2.45) is 0 Å². The van der Waals surface area contributed by atoms with Gasteiger partial charge in [-0.05, 0) is 86.1 Å². The normalized spacial score (nSPS) is 17.5. The second kappa shape index (κ2) is 8.13. The lowest BCUT2D eigenvalue weighted by molar-refractivity contribution is 0.0938. The Hall–Kier alpha value is -2.33. The molecule has 0 saturated carbocycles. The van der Waals surface area contributed by atoms with Crippen LogP contribution in [0.3, 0.4) is 0 Å². The van der Waals surface area contributed by atoms with Crippen molar-refractivity contribution >= 4 is 5.91 Å². The molecule has 1 atom stereocenters. The topological polar surface area (TPSA) is 41.6 Å². The monoisotopic (exact) mass is 364 g/mol. The molecule has 4 nitrogen and oxygen atoms in total. The molecule has 142 valence electrons. The molecule has 2 aromatic carbocycles. The zero-order chi connectivity index (χ0) is 18.6. The number of nitrogens with one attached hydrogen (secondary N) is 1. The van der Waals surface area contributed by atoms with E-state index in [1.165, 1.54) is 36.0 Å². The van der Waals surface area contributed by atoms with Gasteiger partial charge in [-0.15, -0.1) is 0 Å². The number of nitrogens with zero attached hydrogens (tertiary/aromatic N) is 1. The van der Waals surface area contributed by atoms with E-state index in [-0.39, 0.29) is 11.9 Å². The predicted molar refractivity (Wildman–Crippen MR) is 107 cm³/mol. The van der Waals surface area contributed by atoms with Gasteiger partial charge in [-0.25, -0.2) is 0 Å². The fraction of sp³-hybridized carbons (Fsp3) is 0.435. The number of methoxy groups -OCH3 is 1. The van der Waals surface area contributed by atoms with Crippen molar-refractivity contribution < 1.29 is 9.53 Å². The highest BCUT2D eigenvalue weighted by Gasteiger charge is 2.24. The van der Waals surface area contributed by atoms with Crippen LogP contribution >= 0.6 is 0 Å². The number of aryl methyl sites for hydroxylation is 2. The summed E-state index contributed by atoms with van der Waals surface area (Å²) in [6.07, 6.45) is 5.90. The Labute approximate surface area is 161 Å². The molecule has 1 fully saturated rings. The van der Waals surface area contributed by atoms with Crippen LogP contribution in [0.25, 0.3) is 0 Å². The van der Waals surface area contributed by atoms with Crippen LogP contribution in [-0.2, 0) is 12.8 Å². The molecule has 1 saturated heterocycles. The van der Waals surface area contributed by atoms with Gasteiger partial charge in [0.15, 0.2) is 0 Å². The second-order valence-electron chi connectivity index (χ2n) is 7.58. The number of fused-ring (bicyclic) bond motifs is 1. The summed E-state index contributed by atoms with van der Waals surface area (Å²) in [5.74, 6) is 0.892. The first-order valence-electron chi connectivity index (χ1n) is 10.0. The van der Waals surface area contributed by atoms with Crippen LogP contribution in [0.5, 0.6) is 5.75 Å². The number of carbonyl (C=O) groups is 1. The third-order valence-electron chi connectivity index (χ3n) is 5.90. The minimum atomic E-state index is 0.0300. The summed E-state index contributed by atoms with van der Waals surface area (Å²) in [5, 5.41) is 3.18. The van der Waals surface area contributed by atoms with Crippen molar-refractivity contribution in [1.29, 1.82) is 0 Å². The van der Waals surface area contributed by atoms with Crippen molar-refractivity contribution in [3.05, 3.63) is 64.7 Å². The molecule has 4 heteroatoms. The van der Waals surface area contributed by atoms with E-state index in [1.807, 2.05) is 18.2 Å². The molecule has 1 aliphatic carbocycles. The largest absolute Gasteiger partial charge is 0.497 e. The second-order valence-corrected chi connectivity index (χ2v) is 7.58. The number of hydrogen-bond donors (Lipinski definition) is 1. The van der Waals surface area contributed by atoms with E-state index >= 15 is 0 Å². The van der Waals surface area contributed by atoms with E-state index in [2.05, 4.69) is 34.5 Å². The summed E-state index contributed by atoms with van der Waals surface area (Å²) < 4.78 is 5.28. The van der Waals surface area contributed by atoms with E-state index in [9.17, 15) is 4.79 Å². The van der Waals surface area contributed by atoms with Crippen LogP contribution in [0.2, 0.25) is 0 Å². The molecule has 1 heterocycles. The third-order valence-corrected chi connectivity index (χ3v) is 5.90. The maximum atomic E-state index is 12.7. The number of benzene rings is 2. The molecule has 1 N–H and O–H groups in total. The van der Waals surface area contributed by atoms with Gasteiger partial charge in [-0.1, -0.05) is 18.2 Å².